The van der Waals surface area contributed by atoms with Crippen molar-refractivity contribution in [3.05, 3.63) is 0 Å². The summed E-state index contributed by atoms with van der Waals surface area (Å²) in [7, 11) is -4.06. The van der Waals surface area contributed by atoms with Crippen LogP contribution in [0.2, 0.25) is 0 Å². The number of rotatable bonds is 18. The maximum Gasteiger partial charge on any atom is 1.00 e. The standard InChI is InChI=1S/C18H39NO3S.Na/c1-2-3-4-5-6-7-8-9-10-11-12-13-14-15-16-19-17-18-23(20,21)22;/h19H,2-18H2,1H3,(H,20,21,22);/q;+1/p-1. The molecule has 0 amide bonds. The summed E-state index contributed by atoms with van der Waals surface area (Å²) in [6, 6.07) is 0. The van der Waals surface area contributed by atoms with Crippen LogP contribution < -0.4 is 34.9 Å². The van der Waals surface area contributed by atoms with Crippen LogP contribution in [0.15, 0.2) is 0 Å². The van der Waals surface area contributed by atoms with E-state index in [0.29, 0.717) is 0 Å². The molecular weight excluding hydrogens is 333 g/mol. The molecule has 0 atom stereocenters. The molecule has 0 unspecified atom stereocenters. The molecule has 0 aliphatic rings. The molecule has 24 heavy (non-hydrogen) atoms. The van der Waals surface area contributed by atoms with E-state index in [-0.39, 0.29) is 41.9 Å². The van der Waals surface area contributed by atoms with Crippen molar-refractivity contribution in [1.29, 1.82) is 0 Å². The van der Waals surface area contributed by atoms with E-state index < -0.39 is 10.1 Å². The number of hydrogen-bond donors (Lipinski definition) is 1. The summed E-state index contributed by atoms with van der Waals surface area (Å²) >= 11 is 0. The summed E-state index contributed by atoms with van der Waals surface area (Å²) in [6.45, 7) is 3.36. The first kappa shape index (κ1) is 27.1. The van der Waals surface area contributed by atoms with Crippen LogP contribution in [0.25, 0.3) is 0 Å². The summed E-state index contributed by atoms with van der Waals surface area (Å²) in [5.41, 5.74) is 0. The van der Waals surface area contributed by atoms with E-state index in [1.165, 1.54) is 83.5 Å². The Balaban J connectivity index is 0. The molecule has 0 heterocycles. The SMILES string of the molecule is CCCCCCCCCCCCCCCCNCCS(=O)(=O)[O-].[Na+]. The van der Waals surface area contributed by atoms with E-state index in [4.69, 9.17) is 0 Å². The van der Waals surface area contributed by atoms with Gasteiger partial charge < -0.3 is 9.87 Å². The van der Waals surface area contributed by atoms with Gasteiger partial charge in [0.1, 0.15) is 0 Å². The van der Waals surface area contributed by atoms with E-state index in [1.807, 2.05) is 0 Å². The van der Waals surface area contributed by atoms with E-state index in [2.05, 4.69) is 12.2 Å². The molecule has 1 N–H and O–H groups in total. The summed E-state index contributed by atoms with van der Waals surface area (Å²) in [6.07, 6.45) is 18.7. The van der Waals surface area contributed by atoms with Crippen molar-refractivity contribution in [2.45, 2.75) is 96.8 Å². The van der Waals surface area contributed by atoms with E-state index in [9.17, 15) is 13.0 Å². The van der Waals surface area contributed by atoms with Gasteiger partial charge in [-0.25, -0.2) is 8.42 Å². The molecule has 0 fully saturated rings. The largest absolute Gasteiger partial charge is 1.00 e. The van der Waals surface area contributed by atoms with Crippen molar-refractivity contribution < 1.29 is 42.5 Å². The Morgan fingerprint density at radius 1 is 0.667 bits per heavy atom. The van der Waals surface area contributed by atoms with Gasteiger partial charge in [0.15, 0.2) is 0 Å². The first-order valence-electron chi connectivity index (χ1n) is 9.70. The van der Waals surface area contributed by atoms with Crippen molar-refractivity contribution in [1.82, 2.24) is 5.32 Å². The minimum atomic E-state index is -4.06. The van der Waals surface area contributed by atoms with Gasteiger partial charge in [-0.1, -0.05) is 90.4 Å². The van der Waals surface area contributed by atoms with Crippen LogP contribution in [-0.4, -0.2) is 31.8 Å². The van der Waals surface area contributed by atoms with Gasteiger partial charge >= 0.3 is 29.6 Å². The minimum absolute atomic E-state index is 0. The van der Waals surface area contributed by atoms with Gasteiger partial charge in [0.2, 0.25) is 0 Å². The van der Waals surface area contributed by atoms with Crippen LogP contribution in [-0.2, 0) is 10.1 Å². The molecule has 0 aliphatic heterocycles. The van der Waals surface area contributed by atoms with E-state index in [1.54, 1.807) is 0 Å². The Morgan fingerprint density at radius 3 is 1.42 bits per heavy atom. The van der Waals surface area contributed by atoms with Crippen LogP contribution in [0.1, 0.15) is 96.8 Å². The molecule has 0 rings (SSSR count). The molecule has 0 aromatic rings. The van der Waals surface area contributed by atoms with Gasteiger partial charge in [0.25, 0.3) is 0 Å². The van der Waals surface area contributed by atoms with Gasteiger partial charge in [0.05, 0.1) is 15.9 Å². The Bertz CT molecular complexity index is 337. The van der Waals surface area contributed by atoms with Crippen molar-refractivity contribution in [2.75, 3.05) is 18.8 Å². The molecule has 0 bridgehead atoms. The van der Waals surface area contributed by atoms with Crippen LogP contribution in [0.4, 0.5) is 0 Å². The molecule has 0 spiro atoms. The van der Waals surface area contributed by atoms with Gasteiger partial charge in [-0.05, 0) is 13.0 Å². The summed E-state index contributed by atoms with van der Waals surface area (Å²) in [4.78, 5) is 0. The Kier molecular flexibility index (Phi) is 22.8. The van der Waals surface area contributed by atoms with Crippen molar-refractivity contribution >= 4 is 10.1 Å². The molecule has 0 saturated heterocycles. The van der Waals surface area contributed by atoms with Crippen LogP contribution in [0.3, 0.4) is 0 Å². The fraction of sp³-hybridized carbons (Fsp3) is 1.00. The molecule has 0 aromatic carbocycles. The van der Waals surface area contributed by atoms with E-state index in [0.717, 1.165) is 13.0 Å². The number of unbranched alkanes of at least 4 members (excludes halogenated alkanes) is 13. The molecule has 0 aromatic heterocycles. The second kappa shape index (κ2) is 20.2. The normalized spacial score (nSPS) is 11.4. The van der Waals surface area contributed by atoms with Gasteiger partial charge in [-0.3, -0.25) is 0 Å². The maximum absolute atomic E-state index is 10.4. The molecule has 0 radical (unpaired) electrons. The van der Waals surface area contributed by atoms with Crippen LogP contribution in [0, 0.1) is 0 Å². The minimum Gasteiger partial charge on any atom is -0.748 e. The predicted molar refractivity (Wildman–Crippen MR) is 97.7 cm³/mol. The zero-order valence-corrected chi connectivity index (χ0v) is 19.0. The van der Waals surface area contributed by atoms with Gasteiger partial charge in [-0.2, -0.15) is 0 Å². The third-order valence-corrected chi connectivity index (χ3v) is 4.94. The Labute approximate surface area is 173 Å². The van der Waals surface area contributed by atoms with Crippen molar-refractivity contribution in [2.24, 2.45) is 0 Å². The Morgan fingerprint density at radius 2 is 1.04 bits per heavy atom. The van der Waals surface area contributed by atoms with Crippen LogP contribution >= 0.6 is 0 Å². The summed E-state index contributed by atoms with van der Waals surface area (Å²) in [5, 5.41) is 3.01. The quantitative estimate of drug-likeness (QED) is 0.226. The second-order valence-electron chi connectivity index (χ2n) is 6.61. The average molecular weight is 372 g/mol. The maximum atomic E-state index is 10.4. The van der Waals surface area contributed by atoms with Crippen molar-refractivity contribution in [3.63, 3.8) is 0 Å². The Hall–Kier alpha value is 0.870. The topological polar surface area (TPSA) is 69.2 Å². The first-order valence-corrected chi connectivity index (χ1v) is 11.3. The second-order valence-corrected chi connectivity index (χ2v) is 8.13. The average Bonchev–Trinajstić information content (AvgIpc) is 2.49. The molecular formula is C18H38NNaO3S. The van der Waals surface area contributed by atoms with Gasteiger partial charge in [0, 0.05) is 6.54 Å². The van der Waals surface area contributed by atoms with Crippen molar-refractivity contribution in [3.8, 4) is 0 Å². The monoisotopic (exact) mass is 371 g/mol. The van der Waals surface area contributed by atoms with Gasteiger partial charge in [-0.15, -0.1) is 0 Å². The molecule has 0 aliphatic carbocycles. The fourth-order valence-electron chi connectivity index (χ4n) is 2.77. The van der Waals surface area contributed by atoms with E-state index >= 15 is 0 Å². The summed E-state index contributed by atoms with van der Waals surface area (Å²) < 4.78 is 31.2. The predicted octanol–water partition coefficient (Wildman–Crippen LogP) is 1.61. The first-order chi connectivity index (χ1) is 11.1. The van der Waals surface area contributed by atoms with Crippen LogP contribution in [0.5, 0.6) is 0 Å². The number of nitrogens with one attached hydrogen (secondary N) is 1. The zero-order valence-electron chi connectivity index (χ0n) is 16.2. The molecule has 6 heteroatoms. The summed E-state index contributed by atoms with van der Waals surface area (Å²) in [5.74, 6) is -0.300. The smallest absolute Gasteiger partial charge is 0.748 e. The zero-order chi connectivity index (χ0) is 17.2. The third-order valence-electron chi connectivity index (χ3n) is 4.24. The molecule has 0 saturated carbocycles. The third kappa shape index (κ3) is 25.1. The molecule has 140 valence electrons. The molecule has 4 nitrogen and oxygen atoms in total. The number of hydrogen-bond acceptors (Lipinski definition) is 4. The fourth-order valence-corrected chi connectivity index (χ4v) is 3.16.